The minimum Gasteiger partial charge on any atom is -0.477 e. The van der Waals surface area contributed by atoms with Gasteiger partial charge in [0.05, 0.1) is 29.8 Å². The van der Waals surface area contributed by atoms with Gasteiger partial charge in [0, 0.05) is 50.4 Å². The average molecular weight is 571 g/mol. The first-order valence-electron chi connectivity index (χ1n) is 14.3. The normalized spacial score (nSPS) is 20.8. The number of ether oxygens (including phenoxy) is 1. The number of piperidine rings is 1. The predicted octanol–water partition coefficient (Wildman–Crippen LogP) is 5.20. The Morgan fingerprint density at radius 3 is 2.71 bits per heavy atom. The van der Waals surface area contributed by atoms with E-state index in [1.165, 1.54) is 0 Å². The molecule has 3 aliphatic heterocycles. The van der Waals surface area contributed by atoms with Gasteiger partial charge in [-0.3, -0.25) is 9.88 Å². The number of fused-ring (bicyclic) bond motifs is 2. The molecule has 6 heterocycles. The van der Waals surface area contributed by atoms with Crippen molar-refractivity contribution < 1.29 is 22.3 Å². The summed E-state index contributed by atoms with van der Waals surface area (Å²) < 4.78 is 60.8. The number of nitrogens with zero attached hydrogens (tertiary/aromatic N) is 5. The van der Waals surface area contributed by atoms with Crippen LogP contribution >= 0.6 is 0 Å². The zero-order chi connectivity index (χ0) is 28.6. The molecule has 1 N–H and O–H groups in total. The van der Waals surface area contributed by atoms with E-state index in [-0.39, 0.29) is 11.2 Å². The van der Waals surface area contributed by atoms with Crippen LogP contribution in [0.4, 0.5) is 23.4 Å². The number of halogens is 4. The van der Waals surface area contributed by atoms with Gasteiger partial charge in [-0.2, -0.15) is 13.2 Å². The first-order valence-corrected chi connectivity index (χ1v) is 14.3. The van der Waals surface area contributed by atoms with Crippen molar-refractivity contribution >= 4 is 5.82 Å². The molecule has 0 radical (unpaired) electrons. The number of hydrogen-bond donors (Lipinski definition) is 1. The molecule has 3 aromatic heterocycles. The lowest BCUT2D eigenvalue weighted by atomic mass is 9.69. The van der Waals surface area contributed by atoms with Crippen LogP contribution in [0, 0.1) is 5.82 Å². The van der Waals surface area contributed by atoms with Crippen LogP contribution in [0.1, 0.15) is 49.4 Å². The van der Waals surface area contributed by atoms with Crippen LogP contribution in [0.15, 0.2) is 42.7 Å². The number of rotatable bonds is 6. The Balaban J connectivity index is 1.32. The summed E-state index contributed by atoms with van der Waals surface area (Å²) >= 11 is 0. The standard InChI is InChI=1S/C30H34F4N6O/c1-2-41-28-22(6-4-12-36-28)25-8-7-23-26(38-25)18-39(17-21-5-3-11-35-21)19-29(23)9-13-40(14-10-29)27-24(30(32,33)34)15-20(31)16-37-27/h4,6-8,12,15-16,21,35H,2-3,5,9-11,13-14,17-19H2,1H3/t21-/m1/s1. The molecule has 41 heavy (non-hydrogen) atoms. The fourth-order valence-corrected chi connectivity index (χ4v) is 6.69. The molecule has 218 valence electrons. The van der Waals surface area contributed by atoms with Gasteiger partial charge in [-0.25, -0.2) is 14.4 Å². The van der Waals surface area contributed by atoms with Gasteiger partial charge in [0.2, 0.25) is 5.88 Å². The number of hydrogen-bond acceptors (Lipinski definition) is 7. The molecule has 0 unspecified atom stereocenters. The first-order chi connectivity index (χ1) is 19.8. The van der Waals surface area contributed by atoms with Crippen LogP contribution < -0.4 is 15.0 Å². The Morgan fingerprint density at radius 1 is 1.15 bits per heavy atom. The summed E-state index contributed by atoms with van der Waals surface area (Å²) in [6, 6.07) is 8.92. The molecule has 2 fully saturated rings. The molecule has 0 aromatic carbocycles. The topological polar surface area (TPSA) is 66.4 Å². The molecule has 6 rings (SSSR count). The van der Waals surface area contributed by atoms with E-state index in [1.54, 1.807) is 11.1 Å². The zero-order valence-corrected chi connectivity index (χ0v) is 23.1. The Bertz CT molecular complexity index is 1390. The van der Waals surface area contributed by atoms with Crippen molar-refractivity contribution in [2.75, 3.05) is 44.2 Å². The third-order valence-corrected chi connectivity index (χ3v) is 8.57. The zero-order valence-electron chi connectivity index (χ0n) is 23.1. The van der Waals surface area contributed by atoms with Crippen molar-refractivity contribution in [2.24, 2.45) is 0 Å². The SMILES string of the molecule is CCOc1ncccc1-c1ccc2c(n1)CN(C[C@H]1CCCN1)CC21CCN(c2ncc(F)cc2C(F)(F)F)CC1. The molecule has 3 aromatic rings. The minimum absolute atomic E-state index is 0.203. The molecule has 7 nitrogen and oxygen atoms in total. The highest BCUT2D eigenvalue weighted by molar-refractivity contribution is 5.65. The van der Waals surface area contributed by atoms with Crippen LogP contribution in [-0.4, -0.2) is 65.2 Å². The summed E-state index contributed by atoms with van der Waals surface area (Å²) in [5, 5.41) is 3.59. The van der Waals surface area contributed by atoms with Crippen molar-refractivity contribution in [3.05, 3.63) is 65.4 Å². The molecule has 0 amide bonds. The summed E-state index contributed by atoms with van der Waals surface area (Å²) in [5.74, 6) is -0.652. The van der Waals surface area contributed by atoms with E-state index in [4.69, 9.17) is 9.72 Å². The maximum atomic E-state index is 13.8. The quantitative estimate of drug-likeness (QED) is 0.409. The molecule has 1 atom stereocenters. The number of aromatic nitrogens is 3. The predicted molar refractivity (Wildman–Crippen MR) is 147 cm³/mol. The Kier molecular flexibility index (Phi) is 7.58. The molecule has 0 saturated carbocycles. The summed E-state index contributed by atoms with van der Waals surface area (Å²) in [6.07, 6.45) is 1.45. The fourth-order valence-electron chi connectivity index (χ4n) is 6.69. The number of pyridine rings is 3. The maximum absolute atomic E-state index is 13.8. The van der Waals surface area contributed by atoms with Crippen molar-refractivity contribution in [1.82, 2.24) is 25.2 Å². The van der Waals surface area contributed by atoms with Gasteiger partial charge >= 0.3 is 6.18 Å². The van der Waals surface area contributed by atoms with E-state index in [0.29, 0.717) is 57.1 Å². The molecule has 11 heteroatoms. The molecule has 1 spiro atoms. The van der Waals surface area contributed by atoms with E-state index in [1.807, 2.05) is 25.1 Å². The maximum Gasteiger partial charge on any atom is 0.420 e. The Morgan fingerprint density at radius 2 is 1.98 bits per heavy atom. The second-order valence-corrected chi connectivity index (χ2v) is 11.2. The van der Waals surface area contributed by atoms with Crippen molar-refractivity contribution in [1.29, 1.82) is 0 Å². The van der Waals surface area contributed by atoms with E-state index < -0.39 is 17.6 Å². The van der Waals surface area contributed by atoms with Gasteiger partial charge in [-0.15, -0.1) is 0 Å². The number of nitrogens with one attached hydrogen (secondary N) is 1. The lowest BCUT2D eigenvalue weighted by Gasteiger charge is -2.49. The summed E-state index contributed by atoms with van der Waals surface area (Å²) in [6.45, 7) is 6.61. The summed E-state index contributed by atoms with van der Waals surface area (Å²) in [7, 11) is 0. The van der Waals surface area contributed by atoms with Crippen LogP contribution in [0.5, 0.6) is 5.88 Å². The minimum atomic E-state index is -4.69. The van der Waals surface area contributed by atoms with Crippen molar-refractivity contribution in [3.63, 3.8) is 0 Å². The summed E-state index contributed by atoms with van der Waals surface area (Å²) in [5.41, 5.74) is 2.48. The van der Waals surface area contributed by atoms with Crippen molar-refractivity contribution in [2.45, 2.75) is 56.8 Å². The second-order valence-electron chi connectivity index (χ2n) is 11.2. The van der Waals surface area contributed by atoms with Gasteiger partial charge in [-0.05, 0) is 69.0 Å². The van der Waals surface area contributed by atoms with Gasteiger partial charge < -0.3 is 15.0 Å². The monoisotopic (exact) mass is 570 g/mol. The summed E-state index contributed by atoms with van der Waals surface area (Å²) in [4.78, 5) is 17.5. The molecule has 0 bridgehead atoms. The molecular weight excluding hydrogens is 536 g/mol. The van der Waals surface area contributed by atoms with Crippen LogP contribution in [0.2, 0.25) is 0 Å². The van der Waals surface area contributed by atoms with E-state index in [9.17, 15) is 17.6 Å². The molecule has 2 saturated heterocycles. The molecular formula is C30H34F4N6O. The fraction of sp³-hybridized carbons (Fsp3) is 0.500. The lowest BCUT2D eigenvalue weighted by Crippen LogP contribution is -2.54. The largest absolute Gasteiger partial charge is 0.477 e. The third-order valence-electron chi connectivity index (χ3n) is 8.57. The third kappa shape index (κ3) is 5.61. The highest BCUT2D eigenvalue weighted by Crippen LogP contribution is 2.44. The highest BCUT2D eigenvalue weighted by Gasteiger charge is 2.45. The molecule has 0 aliphatic carbocycles. The highest BCUT2D eigenvalue weighted by atomic mass is 19.4. The van der Waals surface area contributed by atoms with Crippen LogP contribution in [0.3, 0.4) is 0 Å². The van der Waals surface area contributed by atoms with Gasteiger partial charge in [0.1, 0.15) is 17.2 Å². The molecule has 3 aliphatic rings. The second kappa shape index (κ2) is 11.2. The number of alkyl halides is 3. The smallest absolute Gasteiger partial charge is 0.420 e. The van der Waals surface area contributed by atoms with Gasteiger partial charge in [-0.1, -0.05) is 6.07 Å². The van der Waals surface area contributed by atoms with Gasteiger partial charge in [0.15, 0.2) is 0 Å². The lowest BCUT2D eigenvalue weighted by molar-refractivity contribution is -0.137. The van der Waals surface area contributed by atoms with E-state index in [0.717, 1.165) is 61.2 Å². The first kappa shape index (κ1) is 27.8. The Hall–Kier alpha value is -3.31. The average Bonchev–Trinajstić information content (AvgIpc) is 3.46. The van der Waals surface area contributed by atoms with Crippen LogP contribution in [-0.2, 0) is 18.1 Å². The number of anilines is 1. The van der Waals surface area contributed by atoms with E-state index in [2.05, 4.69) is 26.3 Å². The van der Waals surface area contributed by atoms with Crippen molar-refractivity contribution in [3.8, 4) is 17.1 Å². The van der Waals surface area contributed by atoms with Crippen LogP contribution in [0.25, 0.3) is 11.3 Å². The van der Waals surface area contributed by atoms with Gasteiger partial charge in [0.25, 0.3) is 0 Å². The Labute approximate surface area is 237 Å². The van der Waals surface area contributed by atoms with E-state index >= 15 is 0 Å².